The number of carbonyl (C=O) groups is 2. The highest BCUT2D eigenvalue weighted by atomic mass is 32.2. The minimum Gasteiger partial charge on any atom is -0.302 e. The van der Waals surface area contributed by atoms with Crippen molar-refractivity contribution in [1.82, 2.24) is 20.4 Å². The van der Waals surface area contributed by atoms with E-state index in [9.17, 15) is 31.2 Å². The lowest BCUT2D eigenvalue weighted by atomic mass is 10.1. The smallest absolute Gasteiger partial charge is 0.302 e. The van der Waals surface area contributed by atoms with Gasteiger partial charge in [-0.1, -0.05) is 12.1 Å². The quantitative estimate of drug-likeness (QED) is 0.467. The predicted molar refractivity (Wildman–Crippen MR) is 123 cm³/mol. The third kappa shape index (κ3) is 5.52. The van der Waals surface area contributed by atoms with Gasteiger partial charge in [0.2, 0.25) is 11.8 Å². The summed E-state index contributed by atoms with van der Waals surface area (Å²) >= 11 is 2.61. The number of benzene rings is 1. The number of amides is 2. The summed E-state index contributed by atoms with van der Waals surface area (Å²) < 4.78 is 60.9. The number of alkyl halides is 3. The minimum absolute atomic E-state index is 0.0168. The first-order valence-corrected chi connectivity index (χ1v) is 13.3. The van der Waals surface area contributed by atoms with E-state index >= 15 is 0 Å². The first-order valence-electron chi connectivity index (χ1n) is 10.1. The van der Waals surface area contributed by atoms with Gasteiger partial charge in [-0.05, 0) is 24.6 Å². The number of aromatic nitrogens is 2. The number of anilines is 1. The molecule has 0 aliphatic carbocycles. The molecule has 186 valence electrons. The van der Waals surface area contributed by atoms with Crippen molar-refractivity contribution in [3.05, 3.63) is 45.9 Å². The first kappa shape index (κ1) is 25.2. The van der Waals surface area contributed by atoms with Gasteiger partial charge in [-0.3, -0.25) is 14.6 Å². The molecule has 2 N–H and O–H groups in total. The molecule has 0 spiro atoms. The second-order valence-corrected chi connectivity index (χ2v) is 11.5. The van der Waals surface area contributed by atoms with Crippen LogP contribution in [0.25, 0.3) is 10.6 Å². The van der Waals surface area contributed by atoms with Gasteiger partial charge in [0.1, 0.15) is 0 Å². The summed E-state index contributed by atoms with van der Waals surface area (Å²) in [6.45, 7) is 2.71. The van der Waals surface area contributed by atoms with Crippen molar-refractivity contribution >= 4 is 49.5 Å². The largest absolute Gasteiger partial charge is 0.501 e. The zero-order chi connectivity index (χ0) is 25.4. The molecule has 0 saturated carbocycles. The lowest BCUT2D eigenvalue weighted by Crippen LogP contribution is -2.33. The summed E-state index contributed by atoms with van der Waals surface area (Å²) in [5.41, 5.74) is -0.776. The number of hydrogen-bond donors (Lipinski definition) is 2. The molecule has 3 aromatic rings. The number of nitrogens with one attached hydrogen (secondary N) is 2. The van der Waals surface area contributed by atoms with E-state index in [0.29, 0.717) is 35.0 Å². The van der Waals surface area contributed by atoms with Crippen LogP contribution in [0, 0.1) is 6.92 Å². The molecular formula is C20H18F3N5O4S3. The number of hydrazine groups is 1. The molecule has 4 rings (SSSR count). The van der Waals surface area contributed by atoms with Crippen LogP contribution in [0.5, 0.6) is 0 Å². The standard InChI is InChI=1S/C20H18F3N5O4S3/c1-11-25-14(9-28-17(30)6-7-24-28)18(34-11)15-10-33-19(26-15)27-16(29)8-12-2-4-13(5-3-12)35(31,32)20(21,22)23/h2-5,10,24H,6-9H2,1H3,(H,26,27,29). The van der Waals surface area contributed by atoms with Crippen LogP contribution in [-0.2, 0) is 32.4 Å². The van der Waals surface area contributed by atoms with Crippen molar-refractivity contribution in [2.75, 3.05) is 11.9 Å². The van der Waals surface area contributed by atoms with Gasteiger partial charge in [0.25, 0.3) is 9.84 Å². The van der Waals surface area contributed by atoms with E-state index in [1.54, 1.807) is 5.38 Å². The molecule has 1 aliphatic heterocycles. The first-order chi connectivity index (χ1) is 16.4. The number of thiazole rings is 2. The van der Waals surface area contributed by atoms with Crippen molar-refractivity contribution < 1.29 is 31.2 Å². The maximum absolute atomic E-state index is 12.7. The SMILES string of the molecule is Cc1nc(CN2NCCC2=O)c(-c2csc(NC(=O)Cc3ccc(S(=O)(=O)C(F)(F)F)cc3)n2)s1. The summed E-state index contributed by atoms with van der Waals surface area (Å²) in [5, 5.41) is 7.01. The Morgan fingerprint density at radius 3 is 2.57 bits per heavy atom. The average molecular weight is 546 g/mol. The fraction of sp³-hybridized carbons (Fsp3) is 0.300. The Balaban J connectivity index is 1.42. The molecule has 1 fully saturated rings. The summed E-state index contributed by atoms with van der Waals surface area (Å²) in [4.78, 5) is 33.1. The zero-order valence-electron chi connectivity index (χ0n) is 18.0. The van der Waals surface area contributed by atoms with Crippen LogP contribution in [-0.4, -0.2) is 47.3 Å². The third-order valence-corrected chi connectivity index (χ3v) is 8.24. The number of sulfone groups is 1. The Morgan fingerprint density at radius 2 is 1.94 bits per heavy atom. The third-order valence-electron chi connectivity index (χ3n) is 4.94. The molecule has 35 heavy (non-hydrogen) atoms. The van der Waals surface area contributed by atoms with Gasteiger partial charge in [-0.15, -0.1) is 22.7 Å². The van der Waals surface area contributed by atoms with Crippen molar-refractivity contribution in [3.8, 4) is 10.6 Å². The molecular weight excluding hydrogens is 527 g/mol. The monoisotopic (exact) mass is 545 g/mol. The molecule has 1 aromatic carbocycles. The van der Waals surface area contributed by atoms with Crippen molar-refractivity contribution in [2.45, 2.75) is 36.7 Å². The topological polar surface area (TPSA) is 121 Å². The molecule has 0 radical (unpaired) electrons. The van der Waals surface area contributed by atoms with E-state index in [4.69, 9.17) is 0 Å². The lowest BCUT2D eigenvalue weighted by molar-refractivity contribution is -0.130. The molecule has 3 heterocycles. The van der Waals surface area contributed by atoms with Crippen LogP contribution < -0.4 is 10.7 Å². The molecule has 0 bridgehead atoms. The summed E-state index contributed by atoms with van der Waals surface area (Å²) in [7, 11) is -5.45. The average Bonchev–Trinajstić information content (AvgIpc) is 3.49. The summed E-state index contributed by atoms with van der Waals surface area (Å²) in [5.74, 6) is -0.484. The Hall–Kier alpha value is -2.88. The van der Waals surface area contributed by atoms with Gasteiger partial charge in [-0.25, -0.2) is 23.8 Å². The van der Waals surface area contributed by atoms with Crippen LogP contribution in [0.4, 0.5) is 18.3 Å². The lowest BCUT2D eigenvalue weighted by Gasteiger charge is -2.14. The van der Waals surface area contributed by atoms with E-state index in [1.807, 2.05) is 6.92 Å². The van der Waals surface area contributed by atoms with Gasteiger partial charge >= 0.3 is 5.51 Å². The van der Waals surface area contributed by atoms with Gasteiger partial charge in [0.05, 0.1) is 39.1 Å². The van der Waals surface area contributed by atoms with E-state index in [-0.39, 0.29) is 18.9 Å². The molecule has 15 heteroatoms. The molecule has 0 unspecified atom stereocenters. The zero-order valence-corrected chi connectivity index (χ0v) is 20.5. The highest BCUT2D eigenvalue weighted by molar-refractivity contribution is 7.92. The molecule has 0 atom stereocenters. The molecule has 1 saturated heterocycles. The number of aryl methyl sites for hydroxylation is 1. The highest BCUT2D eigenvalue weighted by Crippen LogP contribution is 2.34. The molecule has 2 amide bonds. The van der Waals surface area contributed by atoms with E-state index in [2.05, 4.69) is 20.7 Å². The number of rotatable bonds is 7. The fourth-order valence-corrected chi connectivity index (χ4v) is 5.74. The maximum Gasteiger partial charge on any atom is 0.501 e. The summed E-state index contributed by atoms with van der Waals surface area (Å²) in [6, 6.07) is 3.96. The molecule has 9 nitrogen and oxygen atoms in total. The van der Waals surface area contributed by atoms with Crippen molar-refractivity contribution in [2.24, 2.45) is 0 Å². The minimum atomic E-state index is -5.45. The van der Waals surface area contributed by atoms with Gasteiger partial charge in [0, 0.05) is 18.3 Å². The number of nitrogens with zero attached hydrogens (tertiary/aromatic N) is 3. The van der Waals surface area contributed by atoms with Crippen LogP contribution in [0.3, 0.4) is 0 Å². The second kappa shape index (κ2) is 9.64. The van der Waals surface area contributed by atoms with Crippen LogP contribution in [0.15, 0.2) is 34.5 Å². The normalized spacial score (nSPS) is 14.5. The van der Waals surface area contributed by atoms with E-state index in [1.165, 1.54) is 27.7 Å². The Labute approximate surface area is 205 Å². The van der Waals surface area contributed by atoms with Gasteiger partial charge in [-0.2, -0.15) is 13.2 Å². The van der Waals surface area contributed by atoms with Gasteiger partial charge in [0.15, 0.2) is 5.13 Å². The van der Waals surface area contributed by atoms with Crippen LogP contribution in [0.2, 0.25) is 0 Å². The fourth-order valence-electron chi connectivity index (χ4n) is 3.30. The maximum atomic E-state index is 12.7. The van der Waals surface area contributed by atoms with Crippen LogP contribution in [0.1, 0.15) is 22.7 Å². The highest BCUT2D eigenvalue weighted by Gasteiger charge is 2.46. The predicted octanol–water partition coefficient (Wildman–Crippen LogP) is 3.29. The Bertz CT molecular complexity index is 1370. The van der Waals surface area contributed by atoms with Crippen molar-refractivity contribution in [3.63, 3.8) is 0 Å². The Morgan fingerprint density at radius 1 is 1.23 bits per heavy atom. The van der Waals surface area contributed by atoms with Crippen LogP contribution >= 0.6 is 22.7 Å². The second-order valence-electron chi connectivity index (χ2n) is 7.50. The number of hydrogen-bond acceptors (Lipinski definition) is 9. The molecule has 1 aliphatic rings. The number of carbonyl (C=O) groups excluding carboxylic acids is 2. The Kier molecular flexibility index (Phi) is 6.95. The van der Waals surface area contributed by atoms with Crippen molar-refractivity contribution in [1.29, 1.82) is 0 Å². The van der Waals surface area contributed by atoms with E-state index in [0.717, 1.165) is 34.2 Å². The summed E-state index contributed by atoms with van der Waals surface area (Å²) in [6.07, 6.45) is 0.237. The molecule has 2 aromatic heterocycles. The van der Waals surface area contributed by atoms with Gasteiger partial charge < -0.3 is 5.32 Å². The van der Waals surface area contributed by atoms with E-state index < -0.39 is 26.1 Å². The number of halogens is 3.